The van der Waals surface area contributed by atoms with E-state index in [4.69, 9.17) is 9.47 Å². The van der Waals surface area contributed by atoms with Crippen LogP contribution in [0.2, 0.25) is 0 Å². The van der Waals surface area contributed by atoms with Crippen molar-refractivity contribution in [3.63, 3.8) is 0 Å². The van der Waals surface area contributed by atoms with Gasteiger partial charge in [-0.3, -0.25) is 10.1 Å². The normalized spacial score (nSPS) is 13.0. The van der Waals surface area contributed by atoms with E-state index in [9.17, 15) is 14.5 Å². The third kappa shape index (κ3) is 2.90. The van der Waals surface area contributed by atoms with E-state index in [1.54, 1.807) is 7.11 Å². The minimum Gasteiger partial charge on any atom is -0.434 e. The summed E-state index contributed by atoms with van der Waals surface area (Å²) < 4.78 is 24.6. The van der Waals surface area contributed by atoms with Gasteiger partial charge in [-0.05, 0) is 6.07 Å². The maximum absolute atomic E-state index is 14.0. The summed E-state index contributed by atoms with van der Waals surface area (Å²) in [5.41, 5.74) is 1.09. The van der Waals surface area contributed by atoms with Crippen LogP contribution in [0.25, 0.3) is 0 Å². The van der Waals surface area contributed by atoms with Crippen molar-refractivity contribution in [2.24, 2.45) is 0 Å². The molecule has 0 atom stereocenters. The minimum absolute atomic E-state index is 0.138. The molecule has 0 unspecified atom stereocenters. The summed E-state index contributed by atoms with van der Waals surface area (Å²) in [7, 11) is 1.57. The van der Waals surface area contributed by atoms with Gasteiger partial charge in [0.1, 0.15) is 18.7 Å². The Kier molecular flexibility index (Phi) is 4.02. The van der Waals surface area contributed by atoms with Crippen molar-refractivity contribution in [2.45, 2.75) is 6.42 Å². The number of nitro benzene ring substituents is 1. The largest absolute Gasteiger partial charge is 0.434 e. The Morgan fingerprint density at radius 3 is 2.96 bits per heavy atom. The van der Waals surface area contributed by atoms with Crippen LogP contribution in [0.15, 0.2) is 24.5 Å². The molecule has 1 aromatic heterocycles. The number of non-ortho nitro benzene ring substituents is 1. The molecule has 2 heterocycles. The number of benzene rings is 1. The zero-order valence-electron chi connectivity index (χ0n) is 12.2. The lowest BCUT2D eigenvalue weighted by atomic mass is 10.3. The fourth-order valence-corrected chi connectivity index (χ4v) is 2.40. The number of rotatable bonds is 5. The van der Waals surface area contributed by atoms with Gasteiger partial charge >= 0.3 is 0 Å². The van der Waals surface area contributed by atoms with E-state index < -0.39 is 10.7 Å². The van der Waals surface area contributed by atoms with Gasteiger partial charge < -0.3 is 14.4 Å². The third-order valence-corrected chi connectivity index (χ3v) is 3.42. The SMILES string of the molecule is COCN1CCc2ncnc(Oc3ccc([N+](=O)[O-])cc3F)c21. The summed E-state index contributed by atoms with van der Waals surface area (Å²) in [6.07, 6.45) is 2.05. The van der Waals surface area contributed by atoms with Gasteiger partial charge in [0, 0.05) is 26.1 Å². The number of hydrogen-bond donors (Lipinski definition) is 0. The molecular weight excluding hydrogens is 307 g/mol. The van der Waals surface area contributed by atoms with Crippen LogP contribution in [0.4, 0.5) is 15.8 Å². The maximum atomic E-state index is 14.0. The molecular formula is C14H13FN4O4. The summed E-state index contributed by atoms with van der Waals surface area (Å²) in [4.78, 5) is 20.1. The van der Waals surface area contributed by atoms with E-state index in [1.807, 2.05) is 4.90 Å². The lowest BCUT2D eigenvalue weighted by molar-refractivity contribution is -0.385. The predicted molar refractivity (Wildman–Crippen MR) is 78.1 cm³/mol. The van der Waals surface area contributed by atoms with E-state index >= 15 is 0 Å². The predicted octanol–water partition coefficient (Wildman–Crippen LogP) is 2.28. The van der Waals surface area contributed by atoms with Gasteiger partial charge in [0.15, 0.2) is 11.6 Å². The second-order valence-corrected chi connectivity index (χ2v) is 4.88. The highest BCUT2D eigenvalue weighted by Gasteiger charge is 2.26. The van der Waals surface area contributed by atoms with Crippen molar-refractivity contribution < 1.29 is 18.8 Å². The number of ether oxygens (including phenoxy) is 2. The molecule has 0 N–H and O–H groups in total. The first-order valence-corrected chi connectivity index (χ1v) is 6.79. The molecule has 1 aliphatic heterocycles. The zero-order chi connectivity index (χ0) is 16.4. The van der Waals surface area contributed by atoms with E-state index in [2.05, 4.69) is 9.97 Å². The van der Waals surface area contributed by atoms with E-state index in [1.165, 1.54) is 18.5 Å². The van der Waals surface area contributed by atoms with Crippen LogP contribution in [-0.2, 0) is 11.2 Å². The molecule has 0 spiro atoms. The van der Waals surface area contributed by atoms with E-state index in [0.717, 1.165) is 11.8 Å². The highest BCUT2D eigenvalue weighted by atomic mass is 19.1. The molecule has 3 rings (SSSR count). The number of nitrogens with zero attached hydrogens (tertiary/aromatic N) is 4. The van der Waals surface area contributed by atoms with Gasteiger partial charge in [0.05, 0.1) is 16.7 Å². The Bertz CT molecular complexity index is 754. The van der Waals surface area contributed by atoms with Gasteiger partial charge in [-0.15, -0.1) is 0 Å². The fourth-order valence-electron chi connectivity index (χ4n) is 2.40. The highest BCUT2D eigenvalue weighted by molar-refractivity contribution is 5.62. The number of hydrogen-bond acceptors (Lipinski definition) is 7. The average molecular weight is 320 g/mol. The molecule has 0 saturated carbocycles. The first-order valence-electron chi connectivity index (χ1n) is 6.79. The quantitative estimate of drug-likeness (QED) is 0.616. The third-order valence-electron chi connectivity index (χ3n) is 3.42. The smallest absolute Gasteiger partial charge is 0.272 e. The molecule has 0 amide bonds. The number of nitro groups is 1. The maximum Gasteiger partial charge on any atom is 0.272 e. The lowest BCUT2D eigenvalue weighted by Crippen LogP contribution is -2.23. The molecule has 1 aliphatic rings. The molecule has 0 bridgehead atoms. The Labute approximate surface area is 130 Å². The number of anilines is 1. The first-order chi connectivity index (χ1) is 11.1. The summed E-state index contributed by atoms with van der Waals surface area (Å²) >= 11 is 0. The molecule has 0 aliphatic carbocycles. The van der Waals surface area contributed by atoms with Gasteiger partial charge in [-0.25, -0.2) is 9.37 Å². The fraction of sp³-hybridized carbons (Fsp3) is 0.286. The zero-order valence-corrected chi connectivity index (χ0v) is 12.2. The highest BCUT2D eigenvalue weighted by Crippen LogP contribution is 2.37. The number of methoxy groups -OCH3 is 1. The number of aromatic nitrogens is 2. The van der Waals surface area contributed by atoms with Gasteiger partial charge in [0.25, 0.3) is 5.69 Å². The Balaban J connectivity index is 1.93. The minimum atomic E-state index is -0.831. The molecule has 0 saturated heterocycles. The van der Waals surface area contributed by atoms with E-state index in [-0.39, 0.29) is 17.3 Å². The Morgan fingerprint density at radius 1 is 1.43 bits per heavy atom. The molecule has 23 heavy (non-hydrogen) atoms. The van der Waals surface area contributed by atoms with Crippen molar-refractivity contribution in [2.75, 3.05) is 25.3 Å². The van der Waals surface area contributed by atoms with Crippen molar-refractivity contribution in [3.8, 4) is 11.6 Å². The molecule has 120 valence electrons. The van der Waals surface area contributed by atoms with Crippen LogP contribution in [0, 0.1) is 15.9 Å². The Morgan fingerprint density at radius 2 is 2.26 bits per heavy atom. The van der Waals surface area contributed by atoms with Crippen LogP contribution in [0.1, 0.15) is 5.69 Å². The number of halogens is 1. The van der Waals surface area contributed by atoms with Crippen LogP contribution >= 0.6 is 0 Å². The van der Waals surface area contributed by atoms with Crippen molar-refractivity contribution in [1.82, 2.24) is 9.97 Å². The second-order valence-electron chi connectivity index (χ2n) is 4.88. The monoisotopic (exact) mass is 320 g/mol. The van der Waals surface area contributed by atoms with Crippen LogP contribution in [-0.4, -0.2) is 35.3 Å². The Hall–Kier alpha value is -2.81. The average Bonchev–Trinajstić information content (AvgIpc) is 2.94. The molecule has 0 radical (unpaired) electrons. The first kappa shape index (κ1) is 15.1. The number of fused-ring (bicyclic) bond motifs is 1. The van der Waals surface area contributed by atoms with Crippen molar-refractivity contribution in [1.29, 1.82) is 0 Å². The van der Waals surface area contributed by atoms with E-state index in [0.29, 0.717) is 25.4 Å². The topological polar surface area (TPSA) is 90.6 Å². The van der Waals surface area contributed by atoms with Crippen LogP contribution in [0.5, 0.6) is 11.6 Å². The van der Waals surface area contributed by atoms with Gasteiger partial charge in [-0.2, -0.15) is 4.98 Å². The summed E-state index contributed by atoms with van der Waals surface area (Å²) in [6.45, 7) is 1.03. The van der Waals surface area contributed by atoms with Crippen molar-refractivity contribution >= 4 is 11.4 Å². The molecule has 0 fully saturated rings. The van der Waals surface area contributed by atoms with Gasteiger partial charge in [0.2, 0.25) is 5.88 Å². The molecule has 2 aromatic rings. The van der Waals surface area contributed by atoms with Crippen LogP contribution in [0.3, 0.4) is 0 Å². The second kappa shape index (κ2) is 6.13. The molecule has 1 aromatic carbocycles. The lowest BCUT2D eigenvalue weighted by Gasteiger charge is -2.19. The summed E-state index contributed by atoms with van der Waals surface area (Å²) in [5.74, 6) is -0.777. The standard InChI is InChI=1S/C14H13FN4O4/c1-22-8-18-5-4-11-13(18)14(17-7-16-11)23-12-3-2-9(19(20)21)6-10(12)15/h2-3,6-7H,4-5,8H2,1H3. The van der Waals surface area contributed by atoms with Crippen molar-refractivity contribution in [3.05, 3.63) is 46.2 Å². The van der Waals surface area contributed by atoms with Crippen LogP contribution < -0.4 is 9.64 Å². The molecule has 8 nitrogen and oxygen atoms in total. The van der Waals surface area contributed by atoms with Gasteiger partial charge in [-0.1, -0.05) is 0 Å². The summed E-state index contributed by atoms with van der Waals surface area (Å²) in [6, 6.07) is 3.19. The summed E-state index contributed by atoms with van der Waals surface area (Å²) in [5, 5.41) is 10.6. The molecule has 9 heteroatoms.